The molecule has 1 fully saturated rings. The highest BCUT2D eigenvalue weighted by Crippen LogP contribution is 2.16. The third-order valence-electron chi connectivity index (χ3n) is 4.93. The Kier molecular flexibility index (Phi) is 7.46. The van der Waals surface area contributed by atoms with Gasteiger partial charge in [-0.1, -0.05) is 35.9 Å². The highest BCUT2D eigenvalue weighted by atomic mass is 35.5. The van der Waals surface area contributed by atoms with E-state index in [9.17, 15) is 9.59 Å². The van der Waals surface area contributed by atoms with Gasteiger partial charge in [0, 0.05) is 36.6 Å². The van der Waals surface area contributed by atoms with E-state index < -0.39 is 0 Å². The van der Waals surface area contributed by atoms with Crippen molar-refractivity contribution in [2.45, 2.75) is 32.4 Å². The number of rotatable bonds is 8. The number of hydrogen-bond acceptors (Lipinski definition) is 3. The van der Waals surface area contributed by atoms with Gasteiger partial charge in [0.25, 0.3) is 5.91 Å². The van der Waals surface area contributed by atoms with Gasteiger partial charge in [-0.3, -0.25) is 14.5 Å². The predicted octanol–water partition coefficient (Wildman–Crippen LogP) is 3.37. The Morgan fingerprint density at radius 2 is 1.61 bits per heavy atom. The van der Waals surface area contributed by atoms with E-state index in [1.165, 1.54) is 18.4 Å². The molecular formula is C22H26ClN3O2. The average molecular weight is 400 g/mol. The van der Waals surface area contributed by atoms with Crippen molar-refractivity contribution >= 4 is 23.4 Å². The van der Waals surface area contributed by atoms with Crippen molar-refractivity contribution in [2.75, 3.05) is 19.6 Å². The topological polar surface area (TPSA) is 61.4 Å². The average Bonchev–Trinajstić information content (AvgIpc) is 3.21. The van der Waals surface area contributed by atoms with Crippen molar-refractivity contribution < 1.29 is 9.59 Å². The normalized spacial score (nSPS) is 14.0. The molecule has 0 radical (unpaired) electrons. The lowest BCUT2D eigenvalue weighted by atomic mass is 10.1. The summed E-state index contributed by atoms with van der Waals surface area (Å²) >= 11 is 5.82. The van der Waals surface area contributed by atoms with Crippen LogP contribution in [0.2, 0.25) is 5.02 Å². The lowest BCUT2D eigenvalue weighted by Gasteiger charge is -2.17. The summed E-state index contributed by atoms with van der Waals surface area (Å²) in [6, 6.07) is 14.9. The molecule has 2 amide bonds. The molecule has 5 nitrogen and oxygen atoms in total. The number of amides is 2. The lowest BCUT2D eigenvalue weighted by molar-refractivity contribution is -0.121. The van der Waals surface area contributed by atoms with Gasteiger partial charge < -0.3 is 10.6 Å². The molecule has 0 saturated carbocycles. The molecule has 0 unspecified atom stereocenters. The molecule has 28 heavy (non-hydrogen) atoms. The Morgan fingerprint density at radius 1 is 0.929 bits per heavy atom. The van der Waals surface area contributed by atoms with Crippen LogP contribution in [0.5, 0.6) is 0 Å². The fraction of sp³-hybridized carbons (Fsp3) is 0.364. The Morgan fingerprint density at radius 3 is 2.32 bits per heavy atom. The van der Waals surface area contributed by atoms with Crippen molar-refractivity contribution in [1.82, 2.24) is 15.5 Å². The van der Waals surface area contributed by atoms with Gasteiger partial charge in [-0.25, -0.2) is 0 Å². The first kappa shape index (κ1) is 20.4. The van der Waals surface area contributed by atoms with Crippen LogP contribution in [0, 0.1) is 0 Å². The first-order valence-corrected chi connectivity index (χ1v) is 10.1. The molecular weight excluding hydrogens is 374 g/mol. The molecule has 0 atom stereocenters. The van der Waals surface area contributed by atoms with Crippen LogP contribution in [0.15, 0.2) is 48.5 Å². The molecule has 1 aliphatic rings. The van der Waals surface area contributed by atoms with Crippen LogP contribution in [0.3, 0.4) is 0 Å². The molecule has 3 rings (SSSR count). The molecule has 1 saturated heterocycles. The second-order valence-electron chi connectivity index (χ2n) is 7.04. The minimum atomic E-state index is -0.208. The van der Waals surface area contributed by atoms with Gasteiger partial charge in [-0.2, -0.15) is 0 Å². The standard InChI is InChI=1S/C22H26ClN3O2/c23-20-9-7-17(8-10-20)22(28)24-12-11-21(27)25-15-18-5-1-2-6-19(18)16-26-13-3-4-14-26/h1-2,5-10H,3-4,11-16H2,(H,24,28)(H,25,27). The minimum Gasteiger partial charge on any atom is -0.352 e. The summed E-state index contributed by atoms with van der Waals surface area (Å²) < 4.78 is 0. The number of hydrogen-bond donors (Lipinski definition) is 2. The molecule has 0 bridgehead atoms. The van der Waals surface area contributed by atoms with Crippen molar-refractivity contribution in [3.63, 3.8) is 0 Å². The maximum Gasteiger partial charge on any atom is 0.251 e. The van der Waals surface area contributed by atoms with Gasteiger partial charge in [0.1, 0.15) is 0 Å². The molecule has 2 aromatic rings. The zero-order valence-electron chi connectivity index (χ0n) is 15.9. The number of halogens is 1. The van der Waals surface area contributed by atoms with Crippen LogP contribution in [-0.4, -0.2) is 36.3 Å². The summed E-state index contributed by atoms with van der Waals surface area (Å²) in [5, 5.41) is 6.30. The fourth-order valence-corrected chi connectivity index (χ4v) is 3.47. The summed E-state index contributed by atoms with van der Waals surface area (Å²) in [5.74, 6) is -0.284. The molecule has 2 aromatic carbocycles. The molecule has 0 aliphatic carbocycles. The van der Waals surface area contributed by atoms with Crippen LogP contribution < -0.4 is 10.6 Å². The van der Waals surface area contributed by atoms with E-state index in [1.54, 1.807) is 24.3 Å². The van der Waals surface area contributed by atoms with E-state index in [0.717, 1.165) is 25.2 Å². The number of carbonyl (C=O) groups excluding carboxylic acids is 2. The number of nitrogens with one attached hydrogen (secondary N) is 2. The molecule has 148 valence electrons. The van der Waals surface area contributed by atoms with Gasteiger partial charge >= 0.3 is 0 Å². The zero-order chi connectivity index (χ0) is 19.8. The summed E-state index contributed by atoms with van der Waals surface area (Å²) in [4.78, 5) is 26.6. The maximum atomic E-state index is 12.1. The predicted molar refractivity (Wildman–Crippen MR) is 111 cm³/mol. The summed E-state index contributed by atoms with van der Waals surface area (Å²) in [6.45, 7) is 4.03. The second kappa shape index (κ2) is 10.2. The lowest BCUT2D eigenvalue weighted by Crippen LogP contribution is -2.30. The van der Waals surface area contributed by atoms with Gasteiger partial charge in [-0.15, -0.1) is 0 Å². The van der Waals surface area contributed by atoms with E-state index in [4.69, 9.17) is 11.6 Å². The van der Waals surface area contributed by atoms with Crippen molar-refractivity contribution in [1.29, 1.82) is 0 Å². The van der Waals surface area contributed by atoms with Crippen molar-refractivity contribution in [3.05, 3.63) is 70.2 Å². The molecule has 2 N–H and O–H groups in total. The van der Waals surface area contributed by atoms with Crippen LogP contribution in [0.25, 0.3) is 0 Å². The highest BCUT2D eigenvalue weighted by molar-refractivity contribution is 6.30. The molecule has 6 heteroatoms. The molecule has 0 aromatic heterocycles. The van der Waals surface area contributed by atoms with Crippen LogP contribution in [0.4, 0.5) is 0 Å². The van der Waals surface area contributed by atoms with E-state index in [1.807, 2.05) is 12.1 Å². The highest BCUT2D eigenvalue weighted by Gasteiger charge is 2.14. The van der Waals surface area contributed by atoms with Crippen molar-refractivity contribution in [3.8, 4) is 0 Å². The maximum absolute atomic E-state index is 12.1. The van der Waals surface area contributed by atoms with Crippen LogP contribution in [0.1, 0.15) is 40.7 Å². The van der Waals surface area contributed by atoms with Crippen LogP contribution >= 0.6 is 11.6 Å². The van der Waals surface area contributed by atoms with Gasteiger partial charge in [0.05, 0.1) is 0 Å². The third-order valence-corrected chi connectivity index (χ3v) is 5.18. The smallest absolute Gasteiger partial charge is 0.251 e. The summed E-state index contributed by atoms with van der Waals surface area (Å²) in [5.41, 5.74) is 2.94. The Bertz CT molecular complexity index is 802. The first-order chi connectivity index (χ1) is 13.6. The fourth-order valence-electron chi connectivity index (χ4n) is 3.34. The number of benzene rings is 2. The monoisotopic (exact) mass is 399 g/mol. The van der Waals surface area contributed by atoms with Gasteiger partial charge in [0.2, 0.25) is 5.91 Å². The van der Waals surface area contributed by atoms with E-state index in [-0.39, 0.29) is 18.2 Å². The number of carbonyl (C=O) groups is 2. The minimum absolute atomic E-state index is 0.0765. The van der Waals surface area contributed by atoms with E-state index in [2.05, 4.69) is 27.7 Å². The molecule has 1 heterocycles. The summed E-state index contributed by atoms with van der Waals surface area (Å²) in [7, 11) is 0. The third kappa shape index (κ3) is 6.08. The molecule has 0 spiro atoms. The second-order valence-corrected chi connectivity index (χ2v) is 7.48. The van der Waals surface area contributed by atoms with Gasteiger partial charge in [-0.05, 0) is 61.3 Å². The Balaban J connectivity index is 1.42. The quantitative estimate of drug-likeness (QED) is 0.715. The Hall–Kier alpha value is -2.37. The van der Waals surface area contributed by atoms with Gasteiger partial charge in [0.15, 0.2) is 0 Å². The van der Waals surface area contributed by atoms with E-state index >= 15 is 0 Å². The SMILES string of the molecule is O=C(CCNC(=O)c1ccc(Cl)cc1)NCc1ccccc1CN1CCCC1. The molecule has 1 aliphatic heterocycles. The number of nitrogens with zero attached hydrogens (tertiary/aromatic N) is 1. The Labute approximate surface area is 171 Å². The van der Waals surface area contributed by atoms with Crippen molar-refractivity contribution in [2.24, 2.45) is 0 Å². The summed E-state index contributed by atoms with van der Waals surface area (Å²) in [6.07, 6.45) is 2.77. The van der Waals surface area contributed by atoms with E-state index in [0.29, 0.717) is 23.7 Å². The number of likely N-dealkylation sites (tertiary alicyclic amines) is 1. The zero-order valence-corrected chi connectivity index (χ0v) is 16.7. The van der Waals surface area contributed by atoms with Crippen LogP contribution in [-0.2, 0) is 17.9 Å². The largest absolute Gasteiger partial charge is 0.352 e. The first-order valence-electron chi connectivity index (χ1n) is 9.71.